The molecule has 0 aliphatic rings. The molecule has 0 aliphatic heterocycles. The number of rotatable bonds is 5. The maximum atomic E-state index is 5.57. The highest BCUT2D eigenvalue weighted by molar-refractivity contribution is 7.14. The lowest BCUT2D eigenvalue weighted by atomic mass is 10.1. The van der Waals surface area contributed by atoms with Crippen molar-refractivity contribution in [2.75, 3.05) is 19.5 Å². The van der Waals surface area contributed by atoms with Crippen molar-refractivity contribution in [3.63, 3.8) is 0 Å². The summed E-state index contributed by atoms with van der Waals surface area (Å²) >= 11 is 1.58. The zero-order chi connectivity index (χ0) is 17.3. The van der Waals surface area contributed by atoms with Gasteiger partial charge in [-0.15, -0.1) is 11.3 Å². The first-order valence-electron chi connectivity index (χ1n) is 7.78. The highest BCUT2D eigenvalue weighted by atomic mass is 32.1. The molecule has 0 radical (unpaired) electrons. The van der Waals surface area contributed by atoms with E-state index >= 15 is 0 Å². The average Bonchev–Trinajstić information content (AvgIpc) is 3.02. The summed E-state index contributed by atoms with van der Waals surface area (Å²) in [5, 5.41) is 7.19. The van der Waals surface area contributed by atoms with Gasteiger partial charge < -0.3 is 14.8 Å². The van der Waals surface area contributed by atoms with Gasteiger partial charge in [-0.25, -0.2) is 9.97 Å². The smallest absolute Gasteiger partial charge is 0.183 e. The molecule has 1 aromatic carbocycles. The van der Waals surface area contributed by atoms with Gasteiger partial charge in [-0.2, -0.15) is 0 Å². The molecule has 0 atom stereocenters. The van der Waals surface area contributed by atoms with E-state index < -0.39 is 0 Å². The molecule has 3 aromatic rings. The Kier molecular flexibility index (Phi) is 4.57. The molecule has 0 aliphatic carbocycles. The molecule has 0 saturated heterocycles. The lowest BCUT2D eigenvalue weighted by molar-refractivity contribution is 0.411. The van der Waals surface area contributed by atoms with Crippen LogP contribution >= 0.6 is 11.3 Å². The van der Waals surface area contributed by atoms with E-state index in [1.165, 1.54) is 0 Å². The monoisotopic (exact) mass is 343 g/mol. The van der Waals surface area contributed by atoms with E-state index in [1.807, 2.05) is 30.5 Å². The number of methoxy groups -OCH3 is 2. The minimum Gasteiger partial charge on any atom is -0.496 e. The number of hydrogen-bond acceptors (Lipinski definition) is 6. The fourth-order valence-electron chi connectivity index (χ4n) is 2.61. The minimum atomic E-state index is 0.342. The van der Waals surface area contributed by atoms with Crippen LogP contribution in [0, 0.1) is 6.92 Å². The van der Waals surface area contributed by atoms with E-state index in [0.29, 0.717) is 6.04 Å². The van der Waals surface area contributed by atoms with Crippen molar-refractivity contribution >= 4 is 27.4 Å². The van der Waals surface area contributed by atoms with Gasteiger partial charge in [-0.3, -0.25) is 0 Å². The molecule has 24 heavy (non-hydrogen) atoms. The van der Waals surface area contributed by atoms with E-state index in [4.69, 9.17) is 14.5 Å². The summed E-state index contributed by atoms with van der Waals surface area (Å²) < 4.78 is 11.0. The third kappa shape index (κ3) is 3.01. The first-order valence-corrected chi connectivity index (χ1v) is 8.66. The van der Waals surface area contributed by atoms with Crippen LogP contribution in [0.1, 0.15) is 19.4 Å². The van der Waals surface area contributed by atoms with Gasteiger partial charge in [-0.05, 0) is 32.9 Å². The van der Waals surface area contributed by atoms with Gasteiger partial charge in [0.2, 0.25) is 0 Å². The first kappa shape index (κ1) is 16.5. The number of nitrogens with zero attached hydrogens (tertiary/aromatic N) is 2. The Balaban J connectivity index is 2.14. The summed E-state index contributed by atoms with van der Waals surface area (Å²) in [4.78, 5) is 9.44. The topological polar surface area (TPSA) is 56.3 Å². The zero-order valence-electron chi connectivity index (χ0n) is 14.5. The van der Waals surface area contributed by atoms with Gasteiger partial charge in [0.05, 0.1) is 25.4 Å². The number of aromatic nitrogens is 2. The van der Waals surface area contributed by atoms with Crippen molar-refractivity contribution in [3.05, 3.63) is 29.1 Å². The Morgan fingerprint density at radius 2 is 1.79 bits per heavy atom. The standard InChI is InChI=1S/C18H21N3O2S/c1-10(2)19-18-21-14(9-24-18)13-8-16(23-5)12-6-7-15(22-4)11(3)17(12)20-13/h6-10H,1-5H3,(H,19,21). The van der Waals surface area contributed by atoms with Gasteiger partial charge in [0.25, 0.3) is 0 Å². The number of aryl methyl sites for hydroxylation is 1. The van der Waals surface area contributed by atoms with Gasteiger partial charge in [0.1, 0.15) is 17.2 Å². The summed E-state index contributed by atoms with van der Waals surface area (Å²) in [6.07, 6.45) is 0. The molecular formula is C18H21N3O2S. The number of benzene rings is 1. The van der Waals surface area contributed by atoms with Crippen molar-refractivity contribution in [3.8, 4) is 22.9 Å². The van der Waals surface area contributed by atoms with Crippen molar-refractivity contribution in [1.29, 1.82) is 0 Å². The van der Waals surface area contributed by atoms with E-state index in [0.717, 1.165) is 44.5 Å². The fraction of sp³-hybridized carbons (Fsp3) is 0.333. The summed E-state index contributed by atoms with van der Waals surface area (Å²) in [6, 6.07) is 6.19. The fourth-order valence-corrected chi connectivity index (χ4v) is 3.46. The van der Waals surface area contributed by atoms with Gasteiger partial charge >= 0.3 is 0 Å². The molecule has 6 heteroatoms. The van der Waals surface area contributed by atoms with Crippen LogP contribution in [0.15, 0.2) is 23.6 Å². The van der Waals surface area contributed by atoms with Crippen LogP contribution in [0.25, 0.3) is 22.3 Å². The predicted molar refractivity (Wildman–Crippen MR) is 99.5 cm³/mol. The lowest BCUT2D eigenvalue weighted by Gasteiger charge is -2.12. The van der Waals surface area contributed by atoms with E-state index in [2.05, 4.69) is 24.1 Å². The Morgan fingerprint density at radius 1 is 1.04 bits per heavy atom. The Hall–Kier alpha value is -2.34. The molecule has 0 saturated carbocycles. The van der Waals surface area contributed by atoms with Crippen molar-refractivity contribution in [2.45, 2.75) is 26.8 Å². The Labute approximate surface area is 145 Å². The quantitative estimate of drug-likeness (QED) is 0.739. The number of pyridine rings is 1. The maximum Gasteiger partial charge on any atom is 0.183 e. The maximum absolute atomic E-state index is 5.57. The molecule has 2 aromatic heterocycles. The van der Waals surface area contributed by atoms with Crippen LogP contribution < -0.4 is 14.8 Å². The number of anilines is 1. The van der Waals surface area contributed by atoms with Crippen LogP contribution in [-0.2, 0) is 0 Å². The highest BCUT2D eigenvalue weighted by Crippen LogP contribution is 2.35. The number of thiazole rings is 1. The molecule has 0 bridgehead atoms. The Morgan fingerprint density at radius 3 is 2.46 bits per heavy atom. The van der Waals surface area contributed by atoms with Crippen LogP contribution in [0.3, 0.4) is 0 Å². The third-order valence-corrected chi connectivity index (χ3v) is 4.54. The number of ether oxygens (including phenoxy) is 2. The van der Waals surface area contributed by atoms with Gasteiger partial charge in [0.15, 0.2) is 5.13 Å². The van der Waals surface area contributed by atoms with Crippen molar-refractivity contribution in [2.24, 2.45) is 0 Å². The molecule has 3 rings (SSSR count). The van der Waals surface area contributed by atoms with E-state index in [1.54, 1.807) is 25.6 Å². The van der Waals surface area contributed by atoms with E-state index in [-0.39, 0.29) is 0 Å². The second-order valence-corrected chi connectivity index (χ2v) is 6.69. The normalized spacial score (nSPS) is 11.1. The van der Waals surface area contributed by atoms with Crippen LogP contribution in [0.5, 0.6) is 11.5 Å². The molecule has 0 fully saturated rings. The number of hydrogen-bond donors (Lipinski definition) is 1. The molecular weight excluding hydrogens is 322 g/mol. The van der Waals surface area contributed by atoms with E-state index in [9.17, 15) is 0 Å². The van der Waals surface area contributed by atoms with Crippen LogP contribution in [0.4, 0.5) is 5.13 Å². The molecule has 0 spiro atoms. The summed E-state index contributed by atoms with van der Waals surface area (Å²) in [6.45, 7) is 6.19. The third-order valence-electron chi connectivity index (χ3n) is 3.77. The minimum absolute atomic E-state index is 0.342. The molecule has 0 amide bonds. The highest BCUT2D eigenvalue weighted by Gasteiger charge is 2.14. The van der Waals surface area contributed by atoms with Crippen LogP contribution in [0.2, 0.25) is 0 Å². The second-order valence-electron chi connectivity index (χ2n) is 5.84. The average molecular weight is 343 g/mol. The Bertz CT molecular complexity index is 874. The molecule has 1 N–H and O–H groups in total. The first-order chi connectivity index (χ1) is 11.5. The molecule has 0 unspecified atom stereocenters. The number of fused-ring (bicyclic) bond motifs is 1. The van der Waals surface area contributed by atoms with Gasteiger partial charge in [-0.1, -0.05) is 0 Å². The SMILES string of the molecule is COc1ccc2c(OC)cc(-c3csc(NC(C)C)n3)nc2c1C. The largest absolute Gasteiger partial charge is 0.496 e. The summed E-state index contributed by atoms with van der Waals surface area (Å²) in [5.41, 5.74) is 3.50. The molecule has 2 heterocycles. The lowest BCUT2D eigenvalue weighted by Crippen LogP contribution is -2.09. The van der Waals surface area contributed by atoms with Gasteiger partial charge in [0, 0.05) is 28.4 Å². The molecule has 126 valence electrons. The summed E-state index contributed by atoms with van der Waals surface area (Å²) in [5.74, 6) is 1.60. The van der Waals surface area contributed by atoms with Crippen molar-refractivity contribution < 1.29 is 9.47 Å². The predicted octanol–water partition coefficient (Wildman–Crippen LogP) is 4.50. The molecule has 5 nitrogen and oxygen atoms in total. The second kappa shape index (κ2) is 6.65. The number of nitrogens with one attached hydrogen (secondary N) is 1. The zero-order valence-corrected chi connectivity index (χ0v) is 15.3. The van der Waals surface area contributed by atoms with Crippen molar-refractivity contribution in [1.82, 2.24) is 9.97 Å². The van der Waals surface area contributed by atoms with Crippen LogP contribution in [-0.4, -0.2) is 30.2 Å². The summed E-state index contributed by atoms with van der Waals surface area (Å²) in [7, 11) is 3.34.